The summed E-state index contributed by atoms with van der Waals surface area (Å²) in [6, 6.07) is 2.10. The summed E-state index contributed by atoms with van der Waals surface area (Å²) < 4.78 is 31.4. The van der Waals surface area contributed by atoms with E-state index in [1.807, 2.05) is 13.0 Å². The van der Waals surface area contributed by atoms with E-state index < -0.39 is 10.0 Å². The molecule has 3 rings (SSSR count). The van der Waals surface area contributed by atoms with Gasteiger partial charge in [0.25, 0.3) is 0 Å². The minimum atomic E-state index is -3.05. The first-order chi connectivity index (χ1) is 9.96. The van der Waals surface area contributed by atoms with E-state index in [4.69, 9.17) is 4.52 Å². The molecule has 2 aliphatic rings. The van der Waals surface area contributed by atoms with Crippen molar-refractivity contribution in [3.8, 4) is 0 Å². The van der Waals surface area contributed by atoms with E-state index in [0.29, 0.717) is 0 Å². The van der Waals surface area contributed by atoms with Crippen LogP contribution in [0.25, 0.3) is 0 Å². The lowest BCUT2D eigenvalue weighted by molar-refractivity contribution is 0.151. The summed E-state index contributed by atoms with van der Waals surface area (Å²) >= 11 is 0. The van der Waals surface area contributed by atoms with E-state index in [-0.39, 0.29) is 11.3 Å². The van der Waals surface area contributed by atoms with Crippen molar-refractivity contribution in [1.29, 1.82) is 0 Å². The Kier molecular flexibility index (Phi) is 4.07. The number of nitrogens with zero attached hydrogens (tertiary/aromatic N) is 3. The van der Waals surface area contributed by atoms with Crippen LogP contribution in [0.2, 0.25) is 0 Å². The lowest BCUT2D eigenvalue weighted by atomic mass is 10.1. The van der Waals surface area contributed by atoms with Crippen molar-refractivity contribution in [1.82, 2.24) is 14.4 Å². The van der Waals surface area contributed by atoms with Gasteiger partial charge < -0.3 is 4.52 Å². The number of aromatic nitrogens is 1. The van der Waals surface area contributed by atoms with Crippen LogP contribution < -0.4 is 0 Å². The molecule has 6 nitrogen and oxygen atoms in total. The van der Waals surface area contributed by atoms with E-state index >= 15 is 0 Å². The fourth-order valence-corrected chi connectivity index (χ4v) is 4.79. The van der Waals surface area contributed by atoms with Crippen LogP contribution in [0.3, 0.4) is 0 Å². The molecule has 0 atom stereocenters. The van der Waals surface area contributed by atoms with Gasteiger partial charge in [-0.15, -0.1) is 0 Å². The predicted octanol–water partition coefficient (Wildman–Crippen LogP) is 1.37. The lowest BCUT2D eigenvalue weighted by Gasteiger charge is -2.35. The molecule has 0 radical (unpaired) electrons. The van der Waals surface area contributed by atoms with Crippen molar-refractivity contribution >= 4 is 10.0 Å². The first-order valence-corrected chi connectivity index (χ1v) is 9.08. The van der Waals surface area contributed by atoms with Gasteiger partial charge in [0.2, 0.25) is 10.0 Å². The number of sulfonamides is 1. The van der Waals surface area contributed by atoms with Gasteiger partial charge in [0.05, 0.1) is 17.5 Å². The van der Waals surface area contributed by atoms with E-state index in [1.54, 1.807) is 11.4 Å². The van der Waals surface area contributed by atoms with Gasteiger partial charge in [-0.1, -0.05) is 5.16 Å². The Morgan fingerprint density at radius 2 is 2.00 bits per heavy atom. The van der Waals surface area contributed by atoms with Crippen molar-refractivity contribution in [2.24, 2.45) is 0 Å². The molecule has 0 spiro atoms. The molecule has 118 valence electrons. The minimum Gasteiger partial charge on any atom is -0.360 e. The fraction of sp³-hybridized carbons (Fsp3) is 0.786. The Balaban J connectivity index is 1.53. The maximum atomic E-state index is 12.3. The highest BCUT2D eigenvalue weighted by Gasteiger charge is 2.41. The number of likely N-dealkylation sites (tertiary alicyclic amines) is 1. The molecule has 1 aliphatic carbocycles. The Labute approximate surface area is 126 Å². The SMILES string of the molecule is Cc1cc(CN2CCC(N(C)S(=O)(=O)C3CC3)CC2)on1. The third-order valence-electron chi connectivity index (χ3n) is 4.47. The molecule has 0 amide bonds. The van der Waals surface area contributed by atoms with Gasteiger partial charge in [0.1, 0.15) is 0 Å². The summed E-state index contributed by atoms with van der Waals surface area (Å²) in [5.74, 6) is 0.880. The van der Waals surface area contributed by atoms with E-state index in [1.165, 1.54) is 0 Å². The topological polar surface area (TPSA) is 66.7 Å². The highest BCUT2D eigenvalue weighted by atomic mass is 32.2. The van der Waals surface area contributed by atoms with Gasteiger partial charge in [0, 0.05) is 32.2 Å². The standard InChI is InChI=1S/C14H23N3O3S/c1-11-9-13(20-15-11)10-17-7-5-12(6-8-17)16(2)21(18,19)14-3-4-14/h9,12,14H,3-8,10H2,1-2H3. The summed E-state index contributed by atoms with van der Waals surface area (Å²) in [5.41, 5.74) is 0.898. The summed E-state index contributed by atoms with van der Waals surface area (Å²) in [7, 11) is -1.31. The molecule has 0 unspecified atom stereocenters. The number of aryl methyl sites for hydroxylation is 1. The van der Waals surface area contributed by atoms with Crippen molar-refractivity contribution in [3.05, 3.63) is 17.5 Å². The van der Waals surface area contributed by atoms with Gasteiger partial charge in [-0.3, -0.25) is 4.90 Å². The average molecular weight is 313 g/mol. The zero-order chi connectivity index (χ0) is 15.0. The number of hydrogen-bond acceptors (Lipinski definition) is 5. The zero-order valence-corrected chi connectivity index (χ0v) is 13.5. The van der Waals surface area contributed by atoms with Gasteiger partial charge in [-0.2, -0.15) is 0 Å². The highest BCUT2D eigenvalue weighted by molar-refractivity contribution is 7.90. The zero-order valence-electron chi connectivity index (χ0n) is 12.7. The Morgan fingerprint density at radius 1 is 1.33 bits per heavy atom. The maximum absolute atomic E-state index is 12.3. The fourth-order valence-electron chi connectivity index (χ4n) is 2.96. The molecule has 1 aliphatic heterocycles. The second-order valence-electron chi connectivity index (χ2n) is 6.20. The number of piperidine rings is 1. The van der Waals surface area contributed by atoms with Gasteiger partial charge in [-0.25, -0.2) is 12.7 Å². The summed E-state index contributed by atoms with van der Waals surface area (Å²) in [6.07, 6.45) is 3.43. The third-order valence-corrected chi connectivity index (χ3v) is 6.89. The second kappa shape index (κ2) is 5.70. The van der Waals surface area contributed by atoms with Crippen LogP contribution >= 0.6 is 0 Å². The molecule has 0 bridgehead atoms. The summed E-state index contributed by atoms with van der Waals surface area (Å²) in [5, 5.41) is 3.78. The molecule has 7 heteroatoms. The molecule has 21 heavy (non-hydrogen) atoms. The first-order valence-electron chi connectivity index (χ1n) is 7.58. The molecule has 2 fully saturated rings. The molecular formula is C14H23N3O3S. The van der Waals surface area contributed by atoms with Crippen molar-refractivity contribution in [2.45, 2.75) is 50.4 Å². The van der Waals surface area contributed by atoms with Crippen LogP contribution in [-0.4, -0.2) is 54.2 Å². The van der Waals surface area contributed by atoms with Crippen molar-refractivity contribution < 1.29 is 12.9 Å². The van der Waals surface area contributed by atoms with Crippen LogP contribution in [0, 0.1) is 6.92 Å². The smallest absolute Gasteiger partial charge is 0.216 e. The maximum Gasteiger partial charge on any atom is 0.216 e. The van der Waals surface area contributed by atoms with Gasteiger partial charge in [-0.05, 0) is 32.6 Å². The number of hydrogen-bond donors (Lipinski definition) is 0. The van der Waals surface area contributed by atoms with Crippen LogP contribution in [0.5, 0.6) is 0 Å². The van der Waals surface area contributed by atoms with Crippen LogP contribution in [0.1, 0.15) is 37.1 Å². The Morgan fingerprint density at radius 3 is 2.52 bits per heavy atom. The average Bonchev–Trinajstić information content (AvgIpc) is 3.24. The van der Waals surface area contributed by atoms with Gasteiger partial charge in [0.15, 0.2) is 5.76 Å². The monoisotopic (exact) mass is 313 g/mol. The third kappa shape index (κ3) is 3.30. The number of rotatable bonds is 5. The highest BCUT2D eigenvalue weighted by Crippen LogP contribution is 2.32. The lowest BCUT2D eigenvalue weighted by Crippen LogP contribution is -2.46. The summed E-state index contributed by atoms with van der Waals surface area (Å²) in [4.78, 5) is 2.30. The minimum absolute atomic E-state index is 0.113. The van der Waals surface area contributed by atoms with E-state index in [9.17, 15) is 8.42 Å². The molecule has 1 aromatic heterocycles. The van der Waals surface area contributed by atoms with E-state index in [0.717, 1.165) is 56.8 Å². The molecule has 1 aromatic rings. The van der Waals surface area contributed by atoms with E-state index in [2.05, 4.69) is 10.1 Å². The molecule has 2 heterocycles. The molecule has 0 aromatic carbocycles. The quantitative estimate of drug-likeness (QED) is 0.821. The largest absolute Gasteiger partial charge is 0.360 e. The normalized spacial score (nSPS) is 22.0. The summed E-state index contributed by atoms with van der Waals surface area (Å²) in [6.45, 7) is 4.47. The van der Waals surface area contributed by atoms with Crippen molar-refractivity contribution in [3.63, 3.8) is 0 Å². The van der Waals surface area contributed by atoms with Crippen LogP contribution in [0.15, 0.2) is 10.6 Å². The van der Waals surface area contributed by atoms with Crippen LogP contribution in [-0.2, 0) is 16.6 Å². The van der Waals surface area contributed by atoms with Gasteiger partial charge >= 0.3 is 0 Å². The van der Waals surface area contributed by atoms with Crippen LogP contribution in [0.4, 0.5) is 0 Å². The second-order valence-corrected chi connectivity index (χ2v) is 8.48. The molecular weight excluding hydrogens is 290 g/mol. The predicted molar refractivity (Wildman–Crippen MR) is 79.2 cm³/mol. The first kappa shape index (κ1) is 15.0. The molecule has 1 saturated heterocycles. The Hall–Kier alpha value is -0.920. The van der Waals surface area contributed by atoms with Crippen molar-refractivity contribution in [2.75, 3.05) is 20.1 Å². The Bertz CT molecular complexity index is 586. The molecule has 1 saturated carbocycles. The molecule has 0 N–H and O–H groups in total.